The second-order valence-corrected chi connectivity index (χ2v) is 5.91. The highest BCUT2D eigenvalue weighted by Gasteiger charge is 2.08. The first-order chi connectivity index (χ1) is 8.75. The van der Waals surface area contributed by atoms with Crippen molar-refractivity contribution in [3.8, 4) is 0 Å². The maximum Gasteiger partial charge on any atom is 0.124 e. The molecule has 0 saturated carbocycles. The molecule has 100 valence electrons. The lowest BCUT2D eigenvalue weighted by molar-refractivity contribution is 0.242. The zero-order chi connectivity index (χ0) is 12.8. The Kier molecular flexibility index (Phi) is 5.76. The van der Waals surface area contributed by atoms with Gasteiger partial charge in [0.05, 0.1) is 5.02 Å². The van der Waals surface area contributed by atoms with E-state index in [2.05, 4.69) is 10.2 Å². The molecule has 2 rings (SSSR count). The van der Waals surface area contributed by atoms with E-state index in [0.29, 0.717) is 5.02 Å². The molecule has 1 aliphatic rings. The highest BCUT2D eigenvalue weighted by Crippen LogP contribution is 2.28. The third kappa shape index (κ3) is 4.43. The average Bonchev–Trinajstić information content (AvgIpc) is 2.38. The highest BCUT2D eigenvalue weighted by molar-refractivity contribution is 7.99. The predicted molar refractivity (Wildman–Crippen MR) is 76.1 cm³/mol. The standard InChI is InChI=1S/C13H18ClFN2S/c14-12-10-11(15)2-3-13(12)18-9-1-6-17-7-4-16-5-8-17/h2-3,10,16H,1,4-9H2. The topological polar surface area (TPSA) is 15.3 Å². The van der Waals surface area contributed by atoms with Crippen molar-refractivity contribution in [2.75, 3.05) is 38.5 Å². The molecule has 0 spiro atoms. The van der Waals surface area contributed by atoms with Gasteiger partial charge in [0.25, 0.3) is 0 Å². The Bertz CT molecular complexity index is 383. The van der Waals surface area contributed by atoms with Gasteiger partial charge in [-0.15, -0.1) is 11.8 Å². The summed E-state index contributed by atoms with van der Waals surface area (Å²) < 4.78 is 12.9. The molecule has 0 atom stereocenters. The van der Waals surface area contributed by atoms with Gasteiger partial charge >= 0.3 is 0 Å². The summed E-state index contributed by atoms with van der Waals surface area (Å²) in [7, 11) is 0. The minimum atomic E-state index is -0.273. The Morgan fingerprint density at radius 2 is 2.11 bits per heavy atom. The molecule has 5 heteroatoms. The Hall–Kier alpha value is -0.290. The molecule has 0 bridgehead atoms. The van der Waals surface area contributed by atoms with Crippen molar-refractivity contribution < 1.29 is 4.39 Å². The fourth-order valence-electron chi connectivity index (χ4n) is 2.00. The predicted octanol–water partition coefficient (Wildman–Crippen LogP) is 2.87. The molecule has 1 heterocycles. The largest absolute Gasteiger partial charge is 0.314 e. The van der Waals surface area contributed by atoms with Crippen LogP contribution in [0, 0.1) is 5.82 Å². The van der Waals surface area contributed by atoms with Crippen molar-refractivity contribution in [1.29, 1.82) is 0 Å². The molecule has 0 aliphatic carbocycles. The first-order valence-electron chi connectivity index (χ1n) is 6.26. The summed E-state index contributed by atoms with van der Waals surface area (Å²) >= 11 is 7.68. The van der Waals surface area contributed by atoms with Gasteiger partial charge < -0.3 is 10.2 Å². The van der Waals surface area contributed by atoms with E-state index in [-0.39, 0.29) is 5.82 Å². The Labute approximate surface area is 117 Å². The van der Waals surface area contributed by atoms with Gasteiger partial charge in [0.15, 0.2) is 0 Å². The molecule has 1 fully saturated rings. The smallest absolute Gasteiger partial charge is 0.124 e. The molecular formula is C13H18ClFN2S. The van der Waals surface area contributed by atoms with Crippen LogP contribution in [0.1, 0.15) is 6.42 Å². The van der Waals surface area contributed by atoms with Crippen LogP contribution in [0.2, 0.25) is 5.02 Å². The van der Waals surface area contributed by atoms with Gasteiger partial charge in [0, 0.05) is 31.1 Å². The highest BCUT2D eigenvalue weighted by atomic mass is 35.5. The quantitative estimate of drug-likeness (QED) is 0.662. The van der Waals surface area contributed by atoms with E-state index in [1.807, 2.05) is 0 Å². The summed E-state index contributed by atoms with van der Waals surface area (Å²) in [5.74, 6) is 0.750. The Morgan fingerprint density at radius 1 is 1.33 bits per heavy atom. The SMILES string of the molecule is Fc1ccc(SCCCN2CCNCC2)c(Cl)c1. The van der Waals surface area contributed by atoms with Gasteiger partial charge in [-0.05, 0) is 36.9 Å². The van der Waals surface area contributed by atoms with E-state index < -0.39 is 0 Å². The summed E-state index contributed by atoms with van der Waals surface area (Å²) in [6, 6.07) is 4.60. The molecule has 1 aliphatic heterocycles. The third-order valence-corrected chi connectivity index (χ3v) is 4.56. The van der Waals surface area contributed by atoms with Crippen LogP contribution in [0.25, 0.3) is 0 Å². The lowest BCUT2D eigenvalue weighted by Gasteiger charge is -2.26. The van der Waals surface area contributed by atoms with Crippen molar-refractivity contribution in [3.63, 3.8) is 0 Å². The fraction of sp³-hybridized carbons (Fsp3) is 0.538. The number of nitrogens with one attached hydrogen (secondary N) is 1. The fourth-order valence-corrected chi connectivity index (χ4v) is 3.18. The first kappa shape index (κ1) is 14.1. The van der Waals surface area contributed by atoms with Gasteiger partial charge in [0.1, 0.15) is 5.82 Å². The van der Waals surface area contributed by atoms with E-state index in [4.69, 9.17) is 11.6 Å². The van der Waals surface area contributed by atoms with Crippen molar-refractivity contribution in [1.82, 2.24) is 10.2 Å². The van der Waals surface area contributed by atoms with Crippen molar-refractivity contribution in [2.45, 2.75) is 11.3 Å². The third-order valence-electron chi connectivity index (χ3n) is 2.98. The summed E-state index contributed by atoms with van der Waals surface area (Å²) in [5.41, 5.74) is 0. The van der Waals surface area contributed by atoms with Crippen LogP contribution in [-0.2, 0) is 0 Å². The number of hydrogen-bond donors (Lipinski definition) is 1. The molecule has 2 nitrogen and oxygen atoms in total. The molecule has 0 amide bonds. The van der Waals surface area contributed by atoms with Gasteiger partial charge in [-0.25, -0.2) is 4.39 Å². The summed E-state index contributed by atoms with van der Waals surface area (Å²) in [4.78, 5) is 3.45. The number of thioether (sulfide) groups is 1. The van der Waals surface area contributed by atoms with E-state index in [1.54, 1.807) is 17.8 Å². The van der Waals surface area contributed by atoms with Crippen LogP contribution in [0.4, 0.5) is 4.39 Å². The summed E-state index contributed by atoms with van der Waals surface area (Å²) in [6.45, 7) is 5.60. The van der Waals surface area contributed by atoms with Crippen molar-refractivity contribution >= 4 is 23.4 Å². The number of nitrogens with zero attached hydrogens (tertiary/aromatic N) is 1. The second-order valence-electron chi connectivity index (χ2n) is 4.37. The molecule has 0 radical (unpaired) electrons. The Morgan fingerprint density at radius 3 is 2.83 bits per heavy atom. The maximum absolute atomic E-state index is 12.9. The second kappa shape index (κ2) is 7.34. The van der Waals surface area contributed by atoms with E-state index >= 15 is 0 Å². The number of halogens is 2. The van der Waals surface area contributed by atoms with Gasteiger partial charge in [-0.1, -0.05) is 11.6 Å². The first-order valence-corrected chi connectivity index (χ1v) is 7.63. The molecule has 0 aromatic heterocycles. The van der Waals surface area contributed by atoms with Gasteiger partial charge in [0.2, 0.25) is 0 Å². The van der Waals surface area contributed by atoms with E-state index in [9.17, 15) is 4.39 Å². The molecule has 1 N–H and O–H groups in total. The lowest BCUT2D eigenvalue weighted by Crippen LogP contribution is -2.43. The molecule has 18 heavy (non-hydrogen) atoms. The van der Waals surface area contributed by atoms with Crippen LogP contribution in [-0.4, -0.2) is 43.4 Å². The summed E-state index contributed by atoms with van der Waals surface area (Å²) in [5, 5.41) is 3.86. The summed E-state index contributed by atoms with van der Waals surface area (Å²) in [6.07, 6.45) is 1.14. The number of piperazine rings is 1. The van der Waals surface area contributed by atoms with Crippen molar-refractivity contribution in [3.05, 3.63) is 29.0 Å². The van der Waals surface area contributed by atoms with Gasteiger partial charge in [-0.2, -0.15) is 0 Å². The molecular weight excluding hydrogens is 271 g/mol. The minimum Gasteiger partial charge on any atom is -0.314 e. The van der Waals surface area contributed by atoms with E-state index in [0.717, 1.165) is 49.8 Å². The van der Waals surface area contributed by atoms with Crippen LogP contribution in [0.3, 0.4) is 0 Å². The number of hydrogen-bond acceptors (Lipinski definition) is 3. The number of benzene rings is 1. The molecule has 1 saturated heterocycles. The van der Waals surface area contributed by atoms with Crippen LogP contribution < -0.4 is 5.32 Å². The monoisotopic (exact) mass is 288 g/mol. The molecule has 1 aromatic carbocycles. The van der Waals surface area contributed by atoms with Gasteiger partial charge in [-0.3, -0.25) is 0 Å². The van der Waals surface area contributed by atoms with Crippen molar-refractivity contribution in [2.24, 2.45) is 0 Å². The average molecular weight is 289 g/mol. The zero-order valence-corrected chi connectivity index (χ0v) is 11.9. The molecule has 1 aromatic rings. The zero-order valence-electron chi connectivity index (χ0n) is 10.3. The van der Waals surface area contributed by atoms with Crippen LogP contribution >= 0.6 is 23.4 Å². The Balaban J connectivity index is 1.68. The molecule has 0 unspecified atom stereocenters. The van der Waals surface area contributed by atoms with E-state index in [1.165, 1.54) is 12.1 Å². The lowest BCUT2D eigenvalue weighted by atomic mass is 10.3. The van der Waals surface area contributed by atoms with Crippen LogP contribution in [0.5, 0.6) is 0 Å². The maximum atomic E-state index is 12.9. The normalized spacial score (nSPS) is 17.0. The van der Waals surface area contributed by atoms with Crippen LogP contribution in [0.15, 0.2) is 23.1 Å². The minimum absolute atomic E-state index is 0.273. The number of rotatable bonds is 5.